The predicted octanol–water partition coefficient (Wildman–Crippen LogP) is 1.32. The van der Waals surface area contributed by atoms with Gasteiger partial charge in [-0.2, -0.15) is 0 Å². The van der Waals surface area contributed by atoms with Crippen molar-refractivity contribution >= 4 is 23.1 Å². The van der Waals surface area contributed by atoms with E-state index in [1.807, 2.05) is 0 Å². The van der Waals surface area contributed by atoms with Crippen LogP contribution in [0.2, 0.25) is 0 Å². The zero-order valence-electron chi connectivity index (χ0n) is 8.24. The zero-order chi connectivity index (χ0) is 12.1. The van der Waals surface area contributed by atoms with E-state index in [1.165, 1.54) is 12.1 Å². The van der Waals surface area contributed by atoms with E-state index in [4.69, 9.17) is 18.0 Å². The number of hydrogen-bond acceptors (Lipinski definition) is 2. The Labute approximate surface area is 96.6 Å². The average Bonchev–Trinajstić information content (AvgIpc) is 2.26. The van der Waals surface area contributed by atoms with Gasteiger partial charge in [0.1, 0.15) is 4.99 Å². The minimum Gasteiger partial charge on any atom is -0.389 e. The number of carbonyl (C=O) groups is 1. The minimum atomic E-state index is -2.56. The van der Waals surface area contributed by atoms with E-state index in [0.717, 1.165) is 0 Å². The summed E-state index contributed by atoms with van der Waals surface area (Å²) in [5, 5.41) is 2.09. The monoisotopic (exact) mass is 244 g/mol. The van der Waals surface area contributed by atoms with E-state index in [-0.39, 0.29) is 4.99 Å². The summed E-state index contributed by atoms with van der Waals surface area (Å²) in [5.41, 5.74) is 6.29. The Hall–Kier alpha value is -1.56. The number of alkyl halides is 2. The van der Waals surface area contributed by atoms with Crippen LogP contribution in [0, 0.1) is 0 Å². The van der Waals surface area contributed by atoms with Gasteiger partial charge in [-0.3, -0.25) is 4.79 Å². The van der Waals surface area contributed by atoms with Crippen molar-refractivity contribution in [3.8, 4) is 0 Å². The molecule has 3 N–H and O–H groups in total. The first kappa shape index (κ1) is 12.5. The van der Waals surface area contributed by atoms with Crippen molar-refractivity contribution in [2.75, 3.05) is 6.54 Å². The van der Waals surface area contributed by atoms with E-state index in [0.29, 0.717) is 11.1 Å². The maximum Gasteiger partial charge on any atom is 0.255 e. The Bertz CT molecular complexity index is 392. The molecule has 0 atom stereocenters. The van der Waals surface area contributed by atoms with Crippen LogP contribution in [0.4, 0.5) is 8.78 Å². The van der Waals surface area contributed by atoms with E-state index in [9.17, 15) is 13.6 Å². The molecule has 0 spiro atoms. The highest BCUT2D eigenvalue weighted by molar-refractivity contribution is 7.80. The summed E-state index contributed by atoms with van der Waals surface area (Å²) in [7, 11) is 0. The van der Waals surface area contributed by atoms with Crippen LogP contribution in [0.5, 0.6) is 0 Å². The maximum atomic E-state index is 11.8. The summed E-state index contributed by atoms with van der Waals surface area (Å²) in [6.45, 7) is -0.657. The molecular weight excluding hydrogens is 234 g/mol. The van der Waals surface area contributed by atoms with Gasteiger partial charge in [0, 0.05) is 11.1 Å². The first-order valence-electron chi connectivity index (χ1n) is 4.47. The van der Waals surface area contributed by atoms with E-state index >= 15 is 0 Å². The SMILES string of the molecule is NC(=S)c1ccc(C(=O)NCC(F)F)cc1. The second kappa shape index (κ2) is 5.50. The molecule has 1 aromatic rings. The first-order valence-corrected chi connectivity index (χ1v) is 4.87. The molecule has 0 radical (unpaired) electrons. The summed E-state index contributed by atoms with van der Waals surface area (Å²) < 4.78 is 23.7. The molecule has 3 nitrogen and oxygen atoms in total. The molecule has 0 bridgehead atoms. The molecule has 6 heteroatoms. The molecule has 0 saturated heterocycles. The lowest BCUT2D eigenvalue weighted by Crippen LogP contribution is -2.28. The Kier molecular flexibility index (Phi) is 4.30. The van der Waals surface area contributed by atoms with Gasteiger partial charge in [0.2, 0.25) is 0 Å². The molecule has 0 heterocycles. The number of amides is 1. The summed E-state index contributed by atoms with van der Waals surface area (Å²) in [6.07, 6.45) is -2.56. The molecule has 0 aliphatic rings. The number of halogens is 2. The van der Waals surface area contributed by atoms with Crippen molar-refractivity contribution in [2.24, 2.45) is 5.73 Å². The van der Waals surface area contributed by atoms with Crippen LogP contribution >= 0.6 is 12.2 Å². The molecule has 0 fully saturated rings. The predicted molar refractivity (Wildman–Crippen MR) is 60.7 cm³/mol. The smallest absolute Gasteiger partial charge is 0.255 e. The first-order chi connectivity index (χ1) is 7.50. The molecule has 0 saturated carbocycles. The number of benzene rings is 1. The number of nitrogens with two attached hydrogens (primary N) is 1. The molecule has 0 aromatic heterocycles. The van der Waals surface area contributed by atoms with Gasteiger partial charge in [0.05, 0.1) is 6.54 Å². The van der Waals surface area contributed by atoms with Crippen LogP contribution < -0.4 is 11.1 Å². The third-order valence-electron chi connectivity index (χ3n) is 1.85. The van der Waals surface area contributed by atoms with Crippen molar-refractivity contribution in [1.29, 1.82) is 0 Å². The summed E-state index contributed by atoms with van der Waals surface area (Å²) in [4.78, 5) is 11.5. The van der Waals surface area contributed by atoms with Crippen molar-refractivity contribution in [3.05, 3.63) is 35.4 Å². The standard InChI is InChI=1S/C10H10F2N2OS/c11-8(12)5-14-10(15)7-3-1-6(2-4-7)9(13)16/h1-4,8H,5H2,(H2,13,16)(H,14,15). The van der Waals surface area contributed by atoms with Crippen molar-refractivity contribution < 1.29 is 13.6 Å². The highest BCUT2D eigenvalue weighted by Gasteiger charge is 2.08. The van der Waals surface area contributed by atoms with Gasteiger partial charge in [-0.1, -0.05) is 24.4 Å². The van der Waals surface area contributed by atoms with Gasteiger partial charge in [-0.25, -0.2) is 8.78 Å². The van der Waals surface area contributed by atoms with E-state index in [2.05, 4.69) is 5.32 Å². The molecule has 1 rings (SSSR count). The van der Waals surface area contributed by atoms with Crippen LogP contribution in [0.25, 0.3) is 0 Å². The summed E-state index contributed by atoms with van der Waals surface area (Å²) >= 11 is 4.73. The Morgan fingerprint density at radius 2 is 1.81 bits per heavy atom. The van der Waals surface area contributed by atoms with Gasteiger partial charge in [0.15, 0.2) is 0 Å². The number of rotatable bonds is 4. The maximum absolute atomic E-state index is 11.8. The van der Waals surface area contributed by atoms with Gasteiger partial charge in [-0.15, -0.1) is 0 Å². The Morgan fingerprint density at radius 1 is 1.31 bits per heavy atom. The normalized spacial score (nSPS) is 10.2. The third-order valence-corrected chi connectivity index (χ3v) is 2.08. The lowest BCUT2D eigenvalue weighted by molar-refractivity contribution is 0.0891. The van der Waals surface area contributed by atoms with Crippen LogP contribution in [0.1, 0.15) is 15.9 Å². The fourth-order valence-electron chi connectivity index (χ4n) is 1.06. The third kappa shape index (κ3) is 3.54. The molecule has 1 aromatic carbocycles. The van der Waals surface area contributed by atoms with Gasteiger partial charge >= 0.3 is 0 Å². The summed E-state index contributed by atoms with van der Waals surface area (Å²) in [6, 6.07) is 6.10. The van der Waals surface area contributed by atoms with Crippen molar-refractivity contribution in [2.45, 2.75) is 6.43 Å². The van der Waals surface area contributed by atoms with Crippen molar-refractivity contribution in [3.63, 3.8) is 0 Å². The fraction of sp³-hybridized carbons (Fsp3) is 0.200. The molecule has 16 heavy (non-hydrogen) atoms. The number of thiocarbonyl (C=S) groups is 1. The minimum absolute atomic E-state index is 0.222. The Morgan fingerprint density at radius 3 is 2.25 bits per heavy atom. The molecule has 1 amide bonds. The highest BCUT2D eigenvalue weighted by atomic mass is 32.1. The fourth-order valence-corrected chi connectivity index (χ4v) is 1.19. The average molecular weight is 244 g/mol. The van der Waals surface area contributed by atoms with Crippen LogP contribution in [0.3, 0.4) is 0 Å². The van der Waals surface area contributed by atoms with E-state index < -0.39 is 18.9 Å². The molecule has 0 aliphatic carbocycles. The molecular formula is C10H10F2N2OS. The van der Waals surface area contributed by atoms with Crippen LogP contribution in [0.15, 0.2) is 24.3 Å². The summed E-state index contributed by atoms with van der Waals surface area (Å²) in [5.74, 6) is -0.546. The van der Waals surface area contributed by atoms with Crippen molar-refractivity contribution in [1.82, 2.24) is 5.32 Å². The van der Waals surface area contributed by atoms with Crippen LogP contribution in [-0.4, -0.2) is 23.9 Å². The zero-order valence-corrected chi connectivity index (χ0v) is 9.06. The molecule has 0 unspecified atom stereocenters. The topological polar surface area (TPSA) is 55.1 Å². The van der Waals surface area contributed by atoms with E-state index in [1.54, 1.807) is 12.1 Å². The number of carbonyl (C=O) groups excluding carboxylic acids is 1. The lowest BCUT2D eigenvalue weighted by atomic mass is 10.1. The second-order valence-corrected chi connectivity index (χ2v) is 3.48. The lowest BCUT2D eigenvalue weighted by Gasteiger charge is -2.05. The number of nitrogens with one attached hydrogen (secondary N) is 1. The van der Waals surface area contributed by atoms with Crippen LogP contribution in [-0.2, 0) is 0 Å². The van der Waals surface area contributed by atoms with Gasteiger partial charge in [-0.05, 0) is 12.1 Å². The Balaban J connectivity index is 2.67. The molecule has 0 aliphatic heterocycles. The van der Waals surface area contributed by atoms with Gasteiger partial charge < -0.3 is 11.1 Å². The largest absolute Gasteiger partial charge is 0.389 e. The number of hydrogen-bond donors (Lipinski definition) is 2. The van der Waals surface area contributed by atoms with Gasteiger partial charge in [0.25, 0.3) is 12.3 Å². The quantitative estimate of drug-likeness (QED) is 0.785. The molecule has 86 valence electrons. The second-order valence-electron chi connectivity index (χ2n) is 3.04. The highest BCUT2D eigenvalue weighted by Crippen LogP contribution is 2.04.